The van der Waals surface area contributed by atoms with E-state index in [1.54, 1.807) is 13.8 Å². The third kappa shape index (κ3) is 2.70. The molecule has 0 atom stereocenters. The number of rotatable bonds is 4. The van der Waals surface area contributed by atoms with Crippen molar-refractivity contribution in [2.24, 2.45) is 5.41 Å². The summed E-state index contributed by atoms with van der Waals surface area (Å²) in [7, 11) is 0. The Balaban J connectivity index is 1.85. The molecule has 106 valence electrons. The van der Waals surface area contributed by atoms with Gasteiger partial charge in [-0.1, -0.05) is 6.92 Å². The van der Waals surface area contributed by atoms with E-state index < -0.39 is 11.6 Å². The van der Waals surface area contributed by atoms with Crippen molar-refractivity contribution in [1.29, 1.82) is 0 Å². The zero-order chi connectivity index (χ0) is 14.3. The summed E-state index contributed by atoms with van der Waals surface area (Å²) in [6.07, 6.45) is 0. The number of carbonyl (C=O) groups excluding carboxylic acids is 3. The average molecular weight is 269 g/mol. The van der Waals surface area contributed by atoms with E-state index in [9.17, 15) is 14.4 Å². The van der Waals surface area contributed by atoms with Gasteiger partial charge in [-0.25, -0.2) is 4.79 Å². The topological polar surface area (TPSA) is 87.7 Å². The van der Waals surface area contributed by atoms with Gasteiger partial charge in [0.25, 0.3) is 5.91 Å². The van der Waals surface area contributed by atoms with Crippen LogP contribution in [0.1, 0.15) is 20.8 Å². The molecule has 2 aliphatic heterocycles. The second-order valence-electron chi connectivity index (χ2n) is 6.03. The van der Waals surface area contributed by atoms with Crippen LogP contribution < -0.4 is 10.6 Å². The van der Waals surface area contributed by atoms with Gasteiger partial charge in [0.2, 0.25) is 5.91 Å². The molecule has 0 aromatic rings. The van der Waals surface area contributed by atoms with Crippen molar-refractivity contribution in [3.63, 3.8) is 0 Å². The molecule has 4 amide bonds. The van der Waals surface area contributed by atoms with Gasteiger partial charge >= 0.3 is 6.03 Å². The standard InChI is InChI=1S/C12H19N3O4/c1-11(2)9(17)15(10(18)14-11)4-8(16)13-5-12(3)6-19-7-12/h4-7H2,1-3H3,(H,13,16)(H,14,18). The Labute approximate surface area is 111 Å². The second-order valence-corrected chi connectivity index (χ2v) is 6.03. The van der Waals surface area contributed by atoms with E-state index in [4.69, 9.17) is 4.74 Å². The predicted molar refractivity (Wildman–Crippen MR) is 66.3 cm³/mol. The number of carbonyl (C=O) groups is 3. The molecule has 2 saturated heterocycles. The molecular weight excluding hydrogens is 250 g/mol. The summed E-state index contributed by atoms with van der Waals surface area (Å²) in [6.45, 7) is 6.69. The highest BCUT2D eigenvalue weighted by Gasteiger charge is 2.45. The van der Waals surface area contributed by atoms with Gasteiger partial charge in [-0.15, -0.1) is 0 Å². The van der Waals surface area contributed by atoms with Crippen molar-refractivity contribution in [3.8, 4) is 0 Å². The van der Waals surface area contributed by atoms with Gasteiger partial charge < -0.3 is 15.4 Å². The van der Waals surface area contributed by atoms with Crippen molar-refractivity contribution in [1.82, 2.24) is 15.5 Å². The van der Waals surface area contributed by atoms with E-state index in [0.29, 0.717) is 19.8 Å². The molecule has 0 bridgehead atoms. The molecule has 2 rings (SSSR count). The molecule has 2 heterocycles. The smallest absolute Gasteiger partial charge is 0.325 e. The first kappa shape index (κ1) is 13.8. The first-order valence-corrected chi connectivity index (χ1v) is 6.22. The van der Waals surface area contributed by atoms with Crippen molar-refractivity contribution >= 4 is 17.8 Å². The predicted octanol–water partition coefficient (Wildman–Crippen LogP) is -0.530. The zero-order valence-corrected chi connectivity index (χ0v) is 11.4. The van der Waals surface area contributed by atoms with Crippen LogP contribution in [-0.2, 0) is 14.3 Å². The van der Waals surface area contributed by atoms with Crippen molar-refractivity contribution in [2.75, 3.05) is 26.3 Å². The number of hydrogen-bond donors (Lipinski definition) is 2. The fraction of sp³-hybridized carbons (Fsp3) is 0.750. The Morgan fingerprint density at radius 1 is 1.37 bits per heavy atom. The zero-order valence-electron chi connectivity index (χ0n) is 11.4. The van der Waals surface area contributed by atoms with Gasteiger partial charge in [0.1, 0.15) is 12.1 Å². The lowest BCUT2D eigenvalue weighted by molar-refractivity contribution is -0.135. The minimum absolute atomic E-state index is 0.0355. The molecule has 0 aromatic heterocycles. The maximum Gasteiger partial charge on any atom is 0.325 e. The summed E-state index contributed by atoms with van der Waals surface area (Å²) in [5.41, 5.74) is -0.975. The van der Waals surface area contributed by atoms with Crippen LogP contribution in [0, 0.1) is 5.41 Å². The molecule has 2 N–H and O–H groups in total. The Kier molecular flexibility index (Phi) is 3.25. The van der Waals surface area contributed by atoms with E-state index in [0.717, 1.165) is 4.90 Å². The Morgan fingerprint density at radius 3 is 2.42 bits per heavy atom. The van der Waals surface area contributed by atoms with Crippen molar-refractivity contribution < 1.29 is 19.1 Å². The molecule has 0 radical (unpaired) electrons. The third-order valence-corrected chi connectivity index (χ3v) is 3.36. The Hall–Kier alpha value is -1.63. The quantitative estimate of drug-likeness (QED) is 0.672. The molecule has 0 aromatic carbocycles. The largest absolute Gasteiger partial charge is 0.380 e. The van der Waals surface area contributed by atoms with E-state index in [1.165, 1.54) is 0 Å². The van der Waals surface area contributed by atoms with Crippen molar-refractivity contribution in [3.05, 3.63) is 0 Å². The molecular formula is C12H19N3O4. The Bertz CT molecular complexity index is 429. The maximum atomic E-state index is 11.9. The van der Waals surface area contributed by atoms with Gasteiger partial charge in [0, 0.05) is 12.0 Å². The van der Waals surface area contributed by atoms with Gasteiger partial charge in [-0.05, 0) is 13.8 Å². The minimum Gasteiger partial charge on any atom is -0.380 e. The maximum absolute atomic E-state index is 11.9. The number of nitrogens with zero attached hydrogens (tertiary/aromatic N) is 1. The van der Waals surface area contributed by atoms with Crippen LogP contribution in [-0.4, -0.2) is 54.6 Å². The second kappa shape index (κ2) is 4.48. The van der Waals surface area contributed by atoms with Crippen LogP contribution in [0.4, 0.5) is 4.79 Å². The fourth-order valence-electron chi connectivity index (χ4n) is 2.03. The summed E-state index contributed by atoms with van der Waals surface area (Å²) in [5, 5.41) is 5.26. The highest BCUT2D eigenvalue weighted by Crippen LogP contribution is 2.25. The van der Waals surface area contributed by atoms with E-state index in [1.807, 2.05) is 6.92 Å². The van der Waals surface area contributed by atoms with E-state index in [-0.39, 0.29) is 23.8 Å². The van der Waals surface area contributed by atoms with Gasteiger partial charge in [-0.3, -0.25) is 14.5 Å². The summed E-state index contributed by atoms with van der Waals surface area (Å²) >= 11 is 0. The van der Waals surface area contributed by atoms with Gasteiger partial charge in [-0.2, -0.15) is 0 Å². The van der Waals surface area contributed by atoms with Crippen LogP contribution in [0.15, 0.2) is 0 Å². The van der Waals surface area contributed by atoms with Gasteiger partial charge in [0.15, 0.2) is 0 Å². The molecule has 19 heavy (non-hydrogen) atoms. The van der Waals surface area contributed by atoms with Crippen LogP contribution in [0.25, 0.3) is 0 Å². The lowest BCUT2D eigenvalue weighted by Gasteiger charge is -2.38. The highest BCUT2D eigenvalue weighted by atomic mass is 16.5. The number of urea groups is 1. The highest BCUT2D eigenvalue weighted by molar-refractivity contribution is 6.08. The third-order valence-electron chi connectivity index (χ3n) is 3.36. The monoisotopic (exact) mass is 269 g/mol. The molecule has 0 spiro atoms. The van der Waals surface area contributed by atoms with Crippen LogP contribution in [0.2, 0.25) is 0 Å². The normalized spacial score (nSPS) is 23.8. The lowest BCUT2D eigenvalue weighted by atomic mass is 9.89. The summed E-state index contributed by atoms with van der Waals surface area (Å²) in [5.74, 6) is -0.722. The van der Waals surface area contributed by atoms with Gasteiger partial charge in [0.05, 0.1) is 13.2 Å². The first-order chi connectivity index (χ1) is 8.73. The molecule has 7 heteroatoms. The molecule has 0 unspecified atom stereocenters. The summed E-state index contributed by atoms with van der Waals surface area (Å²) in [4.78, 5) is 36.2. The minimum atomic E-state index is -0.939. The summed E-state index contributed by atoms with van der Waals surface area (Å²) < 4.78 is 5.09. The number of ether oxygens (including phenoxy) is 1. The average Bonchev–Trinajstić information content (AvgIpc) is 2.46. The number of imide groups is 1. The molecule has 0 aliphatic carbocycles. The van der Waals surface area contributed by atoms with E-state index in [2.05, 4.69) is 10.6 Å². The first-order valence-electron chi connectivity index (χ1n) is 6.22. The number of hydrogen-bond acceptors (Lipinski definition) is 4. The van der Waals surface area contributed by atoms with Crippen molar-refractivity contribution in [2.45, 2.75) is 26.3 Å². The summed E-state index contributed by atoms with van der Waals surface area (Å²) in [6, 6.07) is -0.525. The Morgan fingerprint density at radius 2 is 2.00 bits per heavy atom. The molecule has 7 nitrogen and oxygen atoms in total. The molecule has 0 saturated carbocycles. The SMILES string of the molecule is CC1(CNC(=O)CN2C(=O)NC(C)(C)C2=O)COC1. The molecule has 2 fully saturated rings. The van der Waals surface area contributed by atoms with Crippen LogP contribution in [0.5, 0.6) is 0 Å². The fourth-order valence-corrected chi connectivity index (χ4v) is 2.03. The number of nitrogens with one attached hydrogen (secondary N) is 2. The van der Waals surface area contributed by atoms with Crippen LogP contribution >= 0.6 is 0 Å². The van der Waals surface area contributed by atoms with Crippen LogP contribution in [0.3, 0.4) is 0 Å². The number of amides is 4. The molecule has 2 aliphatic rings. The van der Waals surface area contributed by atoms with E-state index >= 15 is 0 Å². The lowest BCUT2D eigenvalue weighted by Crippen LogP contribution is -2.50.